The summed E-state index contributed by atoms with van der Waals surface area (Å²) in [5.41, 5.74) is 2.30. The molecule has 1 N–H and O–H groups in total. The van der Waals surface area contributed by atoms with E-state index in [1.165, 1.54) is 51.4 Å². The molecule has 0 amide bonds. The van der Waals surface area contributed by atoms with Gasteiger partial charge in [0.15, 0.2) is 0 Å². The van der Waals surface area contributed by atoms with E-state index >= 15 is 0 Å². The van der Waals surface area contributed by atoms with Crippen LogP contribution in [-0.2, 0) is 4.79 Å². The van der Waals surface area contributed by atoms with E-state index in [0.717, 1.165) is 37.9 Å². The van der Waals surface area contributed by atoms with Gasteiger partial charge in [0.1, 0.15) is 5.78 Å². The highest BCUT2D eigenvalue weighted by Gasteiger charge is 2.58. The van der Waals surface area contributed by atoms with Gasteiger partial charge in [-0.05, 0) is 81.2 Å². The number of rotatable bonds is 4. The van der Waals surface area contributed by atoms with Crippen LogP contribution in [0.15, 0.2) is 11.6 Å². The maximum absolute atomic E-state index is 12.4. The third-order valence-corrected chi connectivity index (χ3v) is 9.04. The van der Waals surface area contributed by atoms with E-state index in [-0.39, 0.29) is 12.0 Å². The number of hydrogen-bond donors (Lipinski definition) is 1. The second-order valence-electron chi connectivity index (χ2n) is 10.1. The van der Waals surface area contributed by atoms with Crippen LogP contribution in [0, 0.1) is 28.6 Å². The first-order chi connectivity index (χ1) is 13.4. The Morgan fingerprint density at radius 1 is 1.04 bits per heavy atom. The molecule has 0 saturated heterocycles. The van der Waals surface area contributed by atoms with Crippen LogP contribution in [0.25, 0.3) is 0 Å². The lowest BCUT2D eigenvalue weighted by Crippen LogP contribution is -2.49. The third kappa shape index (κ3) is 3.86. The molecule has 3 fully saturated rings. The van der Waals surface area contributed by atoms with Gasteiger partial charge in [0.2, 0.25) is 0 Å². The Morgan fingerprint density at radius 2 is 1.75 bits per heavy atom. The van der Waals surface area contributed by atoms with Crippen molar-refractivity contribution in [1.82, 2.24) is 4.90 Å². The van der Waals surface area contributed by atoms with Gasteiger partial charge in [-0.2, -0.15) is 0 Å². The minimum absolute atomic E-state index is 0.0392. The minimum Gasteiger partial charge on any atom is -0.395 e. The van der Waals surface area contributed by atoms with Gasteiger partial charge >= 0.3 is 0 Å². The van der Waals surface area contributed by atoms with E-state index in [0.29, 0.717) is 17.1 Å². The fourth-order valence-corrected chi connectivity index (χ4v) is 7.15. The molecule has 0 aromatic heterocycles. The van der Waals surface area contributed by atoms with Crippen molar-refractivity contribution in [2.45, 2.75) is 85.5 Å². The summed E-state index contributed by atoms with van der Waals surface area (Å²) in [4.78, 5) is 14.5. The lowest BCUT2D eigenvalue weighted by molar-refractivity contribution is -0.131. The van der Waals surface area contributed by atoms with Crippen LogP contribution < -0.4 is 0 Å². The first-order valence-corrected chi connectivity index (χ1v) is 12.0. The van der Waals surface area contributed by atoms with Crippen LogP contribution in [0.2, 0.25) is 0 Å². The number of aliphatic hydroxyl groups is 1. The van der Waals surface area contributed by atoms with Crippen molar-refractivity contribution in [1.29, 1.82) is 0 Å². The maximum atomic E-state index is 12.4. The molecule has 0 radical (unpaired) electrons. The Morgan fingerprint density at radius 3 is 2.39 bits per heavy atom. The van der Waals surface area contributed by atoms with Gasteiger partial charge in [0.05, 0.1) is 6.61 Å². The van der Waals surface area contributed by atoms with E-state index in [1.807, 2.05) is 0 Å². The Bertz CT molecular complexity index is 581. The van der Waals surface area contributed by atoms with Gasteiger partial charge in [0.25, 0.3) is 0 Å². The van der Waals surface area contributed by atoms with Crippen molar-refractivity contribution in [2.24, 2.45) is 28.6 Å². The number of ketones is 1. The number of likely N-dealkylation sites (N-methyl/N-ethyl adjacent to an activating group) is 1. The lowest BCUT2D eigenvalue weighted by atomic mass is 9.48. The van der Waals surface area contributed by atoms with Gasteiger partial charge in [-0.1, -0.05) is 45.8 Å². The van der Waals surface area contributed by atoms with Gasteiger partial charge in [-0.25, -0.2) is 0 Å². The van der Waals surface area contributed by atoms with Crippen molar-refractivity contribution in [3.63, 3.8) is 0 Å². The van der Waals surface area contributed by atoms with Crippen molar-refractivity contribution < 1.29 is 9.90 Å². The molecule has 5 atom stereocenters. The SMILES string of the molecule is CCN(CC)CCO.C[C@]12CCCCC1=CC[C@@H]1C2CC[C@]2(C)C(=O)CCC12. The average molecular weight is 390 g/mol. The summed E-state index contributed by atoms with van der Waals surface area (Å²) in [7, 11) is 0. The first kappa shape index (κ1) is 22.0. The predicted octanol–water partition coefficient (Wildman–Crippen LogP) is 5.23. The summed E-state index contributed by atoms with van der Waals surface area (Å²) in [6, 6.07) is 0. The highest BCUT2D eigenvalue weighted by Crippen LogP contribution is 2.63. The molecular formula is C25H43NO2. The number of nitrogens with zero attached hydrogens (tertiary/aromatic N) is 1. The lowest BCUT2D eigenvalue weighted by Gasteiger charge is -2.56. The molecule has 4 aliphatic carbocycles. The van der Waals surface area contributed by atoms with Gasteiger partial charge in [-0.15, -0.1) is 0 Å². The predicted molar refractivity (Wildman–Crippen MR) is 116 cm³/mol. The molecule has 4 rings (SSSR count). The summed E-state index contributed by atoms with van der Waals surface area (Å²) in [5, 5.41) is 8.46. The molecular weight excluding hydrogens is 346 g/mol. The Balaban J connectivity index is 0.000000242. The second kappa shape index (κ2) is 9.00. The Kier molecular flexibility index (Phi) is 7.08. The normalized spacial score (nSPS) is 39.4. The maximum Gasteiger partial charge on any atom is 0.139 e. The minimum atomic E-state index is 0.0392. The smallest absolute Gasteiger partial charge is 0.139 e. The zero-order chi connectivity index (χ0) is 20.4. The Labute approximate surface area is 173 Å². The molecule has 160 valence electrons. The number of fused-ring (bicyclic) bond motifs is 5. The second-order valence-corrected chi connectivity index (χ2v) is 10.1. The molecule has 0 heterocycles. The van der Waals surface area contributed by atoms with Gasteiger partial charge < -0.3 is 10.0 Å². The monoisotopic (exact) mass is 389 g/mol. The van der Waals surface area contributed by atoms with E-state index in [2.05, 4.69) is 38.7 Å². The van der Waals surface area contributed by atoms with Crippen LogP contribution in [0.1, 0.15) is 85.5 Å². The zero-order valence-corrected chi connectivity index (χ0v) is 18.8. The van der Waals surface area contributed by atoms with Crippen molar-refractivity contribution in [2.75, 3.05) is 26.2 Å². The summed E-state index contributed by atoms with van der Waals surface area (Å²) < 4.78 is 0. The van der Waals surface area contributed by atoms with E-state index < -0.39 is 0 Å². The fourth-order valence-electron chi connectivity index (χ4n) is 7.15. The van der Waals surface area contributed by atoms with Gasteiger partial charge in [-0.3, -0.25) is 4.79 Å². The molecule has 28 heavy (non-hydrogen) atoms. The number of carbonyl (C=O) groups is 1. The Hall–Kier alpha value is -0.670. The largest absolute Gasteiger partial charge is 0.395 e. The van der Waals surface area contributed by atoms with Crippen LogP contribution in [0.3, 0.4) is 0 Å². The molecule has 4 aliphatic rings. The zero-order valence-electron chi connectivity index (χ0n) is 18.8. The van der Waals surface area contributed by atoms with E-state index in [9.17, 15) is 4.79 Å². The molecule has 3 heteroatoms. The van der Waals surface area contributed by atoms with Crippen molar-refractivity contribution in [3.8, 4) is 0 Å². The molecule has 0 bridgehead atoms. The van der Waals surface area contributed by atoms with Crippen LogP contribution in [-0.4, -0.2) is 42.0 Å². The number of hydrogen-bond acceptors (Lipinski definition) is 3. The van der Waals surface area contributed by atoms with Crippen LogP contribution in [0.4, 0.5) is 0 Å². The van der Waals surface area contributed by atoms with Crippen LogP contribution in [0.5, 0.6) is 0 Å². The quantitative estimate of drug-likeness (QED) is 0.669. The topological polar surface area (TPSA) is 40.5 Å². The molecule has 0 aromatic rings. The molecule has 0 spiro atoms. The van der Waals surface area contributed by atoms with Crippen molar-refractivity contribution in [3.05, 3.63) is 11.6 Å². The number of carbonyl (C=O) groups excluding carboxylic acids is 1. The number of Topliss-reactive ketones (excluding diaryl/α,β-unsaturated/α-hetero) is 1. The van der Waals surface area contributed by atoms with Gasteiger partial charge in [0, 0.05) is 18.4 Å². The average Bonchev–Trinajstić information content (AvgIpc) is 3.01. The van der Waals surface area contributed by atoms with Crippen molar-refractivity contribution >= 4 is 5.78 Å². The van der Waals surface area contributed by atoms with Crippen LogP contribution >= 0.6 is 0 Å². The number of allylic oxidation sites excluding steroid dienone is 2. The summed E-state index contributed by atoms with van der Waals surface area (Å²) in [6.07, 6.45) is 13.9. The van der Waals surface area contributed by atoms with E-state index in [4.69, 9.17) is 5.11 Å². The standard InChI is InChI=1S/C19H28O.C6H15NO/c1-18-11-4-3-5-13(18)6-7-14-15-8-9-17(20)19(15,2)12-10-16(14)18;1-3-7(4-2)5-6-8/h6,14-16H,3-5,7-12H2,1-2H3;8H,3-6H2,1-2H3/t14-,15?,16?,18-,19-;/m0./s1. The van der Waals surface area contributed by atoms with E-state index in [1.54, 1.807) is 5.57 Å². The molecule has 2 unspecified atom stereocenters. The molecule has 0 aromatic carbocycles. The highest BCUT2D eigenvalue weighted by atomic mass is 16.3. The number of aliphatic hydroxyl groups excluding tert-OH is 1. The highest BCUT2D eigenvalue weighted by molar-refractivity contribution is 5.87. The summed E-state index contributed by atoms with van der Waals surface area (Å²) >= 11 is 0. The molecule has 3 saturated carbocycles. The summed E-state index contributed by atoms with van der Waals surface area (Å²) in [5.74, 6) is 2.92. The molecule has 3 nitrogen and oxygen atoms in total. The first-order valence-electron chi connectivity index (χ1n) is 12.0. The molecule has 0 aliphatic heterocycles. The fraction of sp³-hybridized carbons (Fsp3) is 0.880. The third-order valence-electron chi connectivity index (χ3n) is 9.04. The summed E-state index contributed by atoms with van der Waals surface area (Å²) in [6.45, 7) is 12.2.